The van der Waals surface area contributed by atoms with Crippen molar-refractivity contribution in [3.05, 3.63) is 52.8 Å². The fourth-order valence-electron chi connectivity index (χ4n) is 3.02. The molecule has 3 aromatic rings. The van der Waals surface area contributed by atoms with E-state index < -0.39 is 0 Å². The smallest absolute Gasteiger partial charge is 0.268 e. The molecule has 130 valence electrons. The van der Waals surface area contributed by atoms with E-state index in [1.165, 1.54) is 4.68 Å². The van der Waals surface area contributed by atoms with E-state index in [1.54, 1.807) is 25.5 Å². The average Bonchev–Trinajstić information content (AvgIpc) is 3.29. The quantitative estimate of drug-likeness (QED) is 0.765. The van der Waals surface area contributed by atoms with E-state index in [1.807, 2.05) is 18.2 Å². The van der Waals surface area contributed by atoms with Gasteiger partial charge in [0.25, 0.3) is 5.56 Å². The maximum Gasteiger partial charge on any atom is 0.268 e. The summed E-state index contributed by atoms with van der Waals surface area (Å²) in [5.41, 5.74) is 1.69. The molecule has 8 nitrogen and oxygen atoms in total. The van der Waals surface area contributed by atoms with Crippen LogP contribution in [0.25, 0.3) is 11.5 Å². The zero-order chi connectivity index (χ0) is 17.2. The molecule has 0 atom stereocenters. The molecule has 4 rings (SSSR count). The van der Waals surface area contributed by atoms with Crippen LogP contribution >= 0.6 is 0 Å². The van der Waals surface area contributed by atoms with Crippen LogP contribution in [0.15, 0.2) is 45.9 Å². The van der Waals surface area contributed by atoms with Crippen LogP contribution in [0.5, 0.6) is 0 Å². The van der Waals surface area contributed by atoms with Gasteiger partial charge in [-0.3, -0.25) is 14.8 Å². The molecule has 1 aliphatic heterocycles. The number of aryl methyl sites for hydroxylation is 1. The Morgan fingerprint density at radius 1 is 1.20 bits per heavy atom. The molecule has 0 amide bonds. The van der Waals surface area contributed by atoms with Crippen LogP contribution in [-0.4, -0.2) is 51.1 Å². The lowest BCUT2D eigenvalue weighted by Gasteiger charge is -2.35. The number of nitrogens with one attached hydrogen (secondary N) is 1. The van der Waals surface area contributed by atoms with Crippen LogP contribution < -0.4 is 10.5 Å². The van der Waals surface area contributed by atoms with Gasteiger partial charge >= 0.3 is 0 Å². The number of aromatic amines is 1. The van der Waals surface area contributed by atoms with Gasteiger partial charge < -0.3 is 9.32 Å². The number of anilines is 1. The summed E-state index contributed by atoms with van der Waals surface area (Å²) in [6.45, 7) is 4.33. The molecule has 0 bridgehead atoms. The predicted octanol–water partition coefficient (Wildman–Crippen LogP) is 1.09. The number of hydrogen-bond acceptors (Lipinski definition) is 6. The Bertz CT molecular complexity index is 890. The Morgan fingerprint density at radius 2 is 2.04 bits per heavy atom. The molecule has 1 saturated heterocycles. The molecule has 25 heavy (non-hydrogen) atoms. The van der Waals surface area contributed by atoms with Gasteiger partial charge in [-0.05, 0) is 18.2 Å². The van der Waals surface area contributed by atoms with E-state index in [0.29, 0.717) is 0 Å². The number of rotatable bonds is 4. The van der Waals surface area contributed by atoms with Crippen molar-refractivity contribution in [2.45, 2.75) is 6.54 Å². The number of piperazine rings is 1. The Balaban J connectivity index is 1.36. The van der Waals surface area contributed by atoms with E-state index in [4.69, 9.17) is 4.42 Å². The zero-order valence-electron chi connectivity index (χ0n) is 14.1. The van der Waals surface area contributed by atoms with Crippen LogP contribution in [0.2, 0.25) is 0 Å². The van der Waals surface area contributed by atoms with Gasteiger partial charge in [0.2, 0.25) is 0 Å². The first kappa shape index (κ1) is 15.6. The van der Waals surface area contributed by atoms with Crippen molar-refractivity contribution >= 4 is 5.69 Å². The number of furan rings is 1. The van der Waals surface area contributed by atoms with Gasteiger partial charge in [-0.15, -0.1) is 0 Å². The second-order valence-corrected chi connectivity index (χ2v) is 6.18. The third-order valence-corrected chi connectivity index (χ3v) is 4.50. The van der Waals surface area contributed by atoms with Gasteiger partial charge in [-0.2, -0.15) is 10.2 Å². The minimum absolute atomic E-state index is 0.0816. The standard InChI is InChI=1S/C17H20N6O2/c1-21-17(24)10-13(11-19-21)23-8-6-22(7-9-23)12-14-2-3-16(25-14)15-4-5-18-20-15/h2-5,10-11H,6-9,12H2,1H3,(H,18,20). The molecule has 0 aromatic carbocycles. The summed E-state index contributed by atoms with van der Waals surface area (Å²) in [5.74, 6) is 1.74. The van der Waals surface area contributed by atoms with E-state index >= 15 is 0 Å². The minimum Gasteiger partial charge on any atom is -0.458 e. The summed E-state index contributed by atoms with van der Waals surface area (Å²) in [4.78, 5) is 16.3. The summed E-state index contributed by atoms with van der Waals surface area (Å²) >= 11 is 0. The van der Waals surface area contributed by atoms with Crippen molar-refractivity contribution in [2.75, 3.05) is 31.1 Å². The average molecular weight is 340 g/mol. The van der Waals surface area contributed by atoms with Crippen molar-refractivity contribution in [3.8, 4) is 11.5 Å². The summed E-state index contributed by atoms with van der Waals surface area (Å²) < 4.78 is 7.23. The van der Waals surface area contributed by atoms with E-state index in [-0.39, 0.29) is 5.56 Å². The minimum atomic E-state index is -0.0816. The Hall–Kier alpha value is -2.87. The molecule has 0 aliphatic carbocycles. The van der Waals surface area contributed by atoms with E-state index in [0.717, 1.165) is 55.6 Å². The van der Waals surface area contributed by atoms with Crippen molar-refractivity contribution in [2.24, 2.45) is 7.05 Å². The maximum atomic E-state index is 11.7. The van der Waals surface area contributed by atoms with E-state index in [2.05, 4.69) is 25.1 Å². The third kappa shape index (κ3) is 3.34. The molecule has 0 spiro atoms. The molecule has 4 heterocycles. The fourth-order valence-corrected chi connectivity index (χ4v) is 3.02. The van der Waals surface area contributed by atoms with Gasteiger partial charge in [0.05, 0.1) is 18.4 Å². The van der Waals surface area contributed by atoms with E-state index in [9.17, 15) is 4.79 Å². The first-order valence-electron chi connectivity index (χ1n) is 8.28. The maximum absolute atomic E-state index is 11.7. The molecule has 8 heteroatoms. The molecule has 3 aromatic heterocycles. The molecule has 0 radical (unpaired) electrons. The van der Waals surface area contributed by atoms with Crippen LogP contribution in [-0.2, 0) is 13.6 Å². The lowest BCUT2D eigenvalue weighted by Crippen LogP contribution is -2.46. The van der Waals surface area contributed by atoms with Crippen LogP contribution in [0.1, 0.15) is 5.76 Å². The summed E-state index contributed by atoms with van der Waals surface area (Å²) in [6.07, 6.45) is 3.46. The monoisotopic (exact) mass is 340 g/mol. The second kappa shape index (κ2) is 6.56. The zero-order valence-corrected chi connectivity index (χ0v) is 14.1. The molecular formula is C17H20N6O2. The van der Waals surface area contributed by atoms with Crippen LogP contribution in [0.3, 0.4) is 0 Å². The first-order chi connectivity index (χ1) is 12.2. The van der Waals surface area contributed by atoms with Crippen molar-refractivity contribution in [3.63, 3.8) is 0 Å². The Kier molecular flexibility index (Phi) is 4.10. The fraction of sp³-hybridized carbons (Fsp3) is 0.353. The Labute approximate surface area is 144 Å². The SMILES string of the molecule is Cn1ncc(N2CCN(Cc3ccc(-c4ccn[nH]4)o3)CC2)cc1=O. The number of aromatic nitrogens is 4. The highest BCUT2D eigenvalue weighted by Gasteiger charge is 2.19. The van der Waals surface area contributed by atoms with Crippen molar-refractivity contribution in [1.82, 2.24) is 24.9 Å². The highest BCUT2D eigenvalue weighted by atomic mass is 16.3. The van der Waals surface area contributed by atoms with Gasteiger partial charge in [-0.25, -0.2) is 4.68 Å². The van der Waals surface area contributed by atoms with Gasteiger partial charge in [0, 0.05) is 45.5 Å². The second-order valence-electron chi connectivity index (χ2n) is 6.18. The van der Waals surface area contributed by atoms with Gasteiger partial charge in [0.15, 0.2) is 5.76 Å². The normalized spacial score (nSPS) is 15.6. The summed E-state index contributed by atoms with van der Waals surface area (Å²) in [6, 6.07) is 7.50. The third-order valence-electron chi connectivity index (χ3n) is 4.50. The highest BCUT2D eigenvalue weighted by molar-refractivity contribution is 5.51. The predicted molar refractivity (Wildman–Crippen MR) is 93.3 cm³/mol. The first-order valence-corrected chi connectivity index (χ1v) is 8.28. The number of nitrogens with zero attached hydrogens (tertiary/aromatic N) is 5. The molecule has 0 unspecified atom stereocenters. The molecular weight excluding hydrogens is 320 g/mol. The topological polar surface area (TPSA) is 83.2 Å². The molecule has 1 N–H and O–H groups in total. The molecule has 1 aliphatic rings. The van der Waals surface area contributed by atoms with Crippen molar-refractivity contribution in [1.29, 1.82) is 0 Å². The number of hydrogen-bond donors (Lipinski definition) is 1. The molecule has 1 fully saturated rings. The summed E-state index contributed by atoms with van der Waals surface area (Å²) in [5, 5.41) is 10.9. The lowest BCUT2D eigenvalue weighted by molar-refractivity contribution is 0.231. The lowest BCUT2D eigenvalue weighted by atomic mass is 10.2. The highest BCUT2D eigenvalue weighted by Crippen LogP contribution is 2.21. The van der Waals surface area contributed by atoms with Crippen molar-refractivity contribution < 1.29 is 4.42 Å². The molecule has 0 saturated carbocycles. The van der Waals surface area contributed by atoms with Gasteiger partial charge in [0.1, 0.15) is 11.5 Å². The Morgan fingerprint density at radius 3 is 2.76 bits per heavy atom. The van der Waals surface area contributed by atoms with Crippen LogP contribution in [0, 0.1) is 0 Å². The van der Waals surface area contributed by atoms with Crippen LogP contribution in [0.4, 0.5) is 5.69 Å². The largest absolute Gasteiger partial charge is 0.458 e. The summed E-state index contributed by atoms with van der Waals surface area (Å²) in [7, 11) is 1.66. The number of H-pyrrole nitrogens is 1. The van der Waals surface area contributed by atoms with Gasteiger partial charge in [-0.1, -0.05) is 0 Å².